The molecule has 1 saturated heterocycles. The molecule has 1 aliphatic rings. The Labute approximate surface area is 169 Å². The maximum absolute atomic E-state index is 13.9. The van der Waals surface area contributed by atoms with Crippen LogP contribution in [0.25, 0.3) is 0 Å². The van der Waals surface area contributed by atoms with Crippen molar-refractivity contribution < 1.29 is 14.0 Å². The van der Waals surface area contributed by atoms with Gasteiger partial charge in [-0.15, -0.1) is 0 Å². The minimum Gasteiger partial charge on any atom is -0.352 e. The summed E-state index contributed by atoms with van der Waals surface area (Å²) in [5.74, 6) is -0.475. The summed E-state index contributed by atoms with van der Waals surface area (Å²) in [5, 5.41) is 3.19. The predicted octanol–water partition coefficient (Wildman–Crippen LogP) is 2.94. The van der Waals surface area contributed by atoms with Crippen LogP contribution >= 0.6 is 11.6 Å². The zero-order chi connectivity index (χ0) is 19.9. The molecule has 1 aliphatic heterocycles. The molecule has 2 aromatic rings. The highest BCUT2D eigenvalue weighted by molar-refractivity contribution is 6.31. The second kappa shape index (κ2) is 9.66. The molecule has 0 atom stereocenters. The maximum atomic E-state index is 13.9. The molecule has 28 heavy (non-hydrogen) atoms. The zero-order valence-corrected chi connectivity index (χ0v) is 16.3. The lowest BCUT2D eigenvalue weighted by Gasteiger charge is -2.35. The second-order valence-electron chi connectivity index (χ2n) is 6.73. The fourth-order valence-electron chi connectivity index (χ4n) is 3.20. The molecule has 0 radical (unpaired) electrons. The Morgan fingerprint density at radius 2 is 1.71 bits per heavy atom. The Morgan fingerprint density at radius 1 is 1.00 bits per heavy atom. The number of carbonyl (C=O) groups is 2. The molecule has 5 nitrogen and oxygen atoms in total. The third-order valence-electron chi connectivity index (χ3n) is 4.83. The van der Waals surface area contributed by atoms with Crippen molar-refractivity contribution in [2.75, 3.05) is 32.7 Å². The number of halogens is 2. The van der Waals surface area contributed by atoms with E-state index in [0.29, 0.717) is 55.4 Å². The van der Waals surface area contributed by atoms with Gasteiger partial charge in [0.25, 0.3) is 5.91 Å². The van der Waals surface area contributed by atoms with E-state index < -0.39 is 0 Å². The summed E-state index contributed by atoms with van der Waals surface area (Å²) in [5.41, 5.74) is 1.07. The molecule has 0 aromatic heterocycles. The van der Waals surface area contributed by atoms with E-state index in [-0.39, 0.29) is 24.1 Å². The average molecular weight is 404 g/mol. The van der Waals surface area contributed by atoms with Crippen molar-refractivity contribution in [3.63, 3.8) is 0 Å². The van der Waals surface area contributed by atoms with Crippen LogP contribution in [0.15, 0.2) is 48.5 Å². The van der Waals surface area contributed by atoms with E-state index in [0.717, 1.165) is 0 Å². The number of nitrogens with one attached hydrogen (secondary N) is 1. The first kappa shape index (κ1) is 20.3. The lowest BCUT2D eigenvalue weighted by Crippen LogP contribution is -2.48. The van der Waals surface area contributed by atoms with Gasteiger partial charge in [0, 0.05) is 61.8 Å². The van der Waals surface area contributed by atoms with Gasteiger partial charge in [-0.1, -0.05) is 35.9 Å². The maximum Gasteiger partial charge on any atom is 0.251 e. The topological polar surface area (TPSA) is 52.7 Å². The smallest absolute Gasteiger partial charge is 0.251 e. The van der Waals surface area contributed by atoms with Crippen molar-refractivity contribution in [3.8, 4) is 0 Å². The monoisotopic (exact) mass is 403 g/mol. The van der Waals surface area contributed by atoms with Crippen LogP contribution in [0.5, 0.6) is 0 Å². The molecule has 3 rings (SSSR count). The minimum atomic E-state index is -0.305. The van der Waals surface area contributed by atoms with Gasteiger partial charge in [0.15, 0.2) is 0 Å². The van der Waals surface area contributed by atoms with Crippen LogP contribution < -0.4 is 5.32 Å². The van der Waals surface area contributed by atoms with E-state index in [9.17, 15) is 14.0 Å². The van der Waals surface area contributed by atoms with Gasteiger partial charge in [-0.25, -0.2) is 4.39 Å². The van der Waals surface area contributed by atoms with Crippen LogP contribution in [-0.4, -0.2) is 54.3 Å². The highest BCUT2D eigenvalue weighted by Crippen LogP contribution is 2.21. The molecular weight excluding hydrogens is 381 g/mol. The molecule has 1 heterocycles. The largest absolute Gasteiger partial charge is 0.352 e. The second-order valence-corrected chi connectivity index (χ2v) is 7.14. The van der Waals surface area contributed by atoms with E-state index in [4.69, 9.17) is 11.6 Å². The van der Waals surface area contributed by atoms with Crippen molar-refractivity contribution in [2.24, 2.45) is 0 Å². The van der Waals surface area contributed by atoms with Crippen molar-refractivity contribution in [1.29, 1.82) is 0 Å². The van der Waals surface area contributed by atoms with E-state index in [1.165, 1.54) is 6.07 Å². The van der Waals surface area contributed by atoms with Gasteiger partial charge in [-0.2, -0.15) is 0 Å². The first-order valence-electron chi connectivity index (χ1n) is 9.31. The summed E-state index contributed by atoms with van der Waals surface area (Å²) in [6, 6.07) is 13.6. The first-order valence-corrected chi connectivity index (χ1v) is 9.68. The molecule has 2 amide bonds. The standard InChI is InChI=1S/C21H23ClFN3O2/c22-18-7-4-8-19(23)17(18)15-25-11-13-26(14-12-25)20(27)9-10-24-21(28)16-5-2-1-3-6-16/h1-8H,9-15H2,(H,24,28). The van der Waals surface area contributed by atoms with Gasteiger partial charge < -0.3 is 10.2 Å². The van der Waals surface area contributed by atoms with E-state index in [1.54, 1.807) is 41.3 Å². The van der Waals surface area contributed by atoms with Crippen LogP contribution in [0.4, 0.5) is 4.39 Å². The van der Waals surface area contributed by atoms with Gasteiger partial charge in [0.1, 0.15) is 5.82 Å². The molecule has 1 N–H and O–H groups in total. The van der Waals surface area contributed by atoms with Crippen LogP contribution in [-0.2, 0) is 11.3 Å². The first-order chi connectivity index (χ1) is 13.5. The van der Waals surface area contributed by atoms with Crippen molar-refractivity contribution in [2.45, 2.75) is 13.0 Å². The summed E-state index contributed by atoms with van der Waals surface area (Å²) in [6.45, 7) is 3.22. The number of hydrogen-bond acceptors (Lipinski definition) is 3. The Kier molecular flexibility index (Phi) is 7.01. The number of rotatable bonds is 6. The van der Waals surface area contributed by atoms with Crippen LogP contribution in [0.3, 0.4) is 0 Å². The number of carbonyl (C=O) groups excluding carboxylic acids is 2. The summed E-state index contributed by atoms with van der Waals surface area (Å²) >= 11 is 6.09. The molecule has 0 saturated carbocycles. The number of benzene rings is 2. The van der Waals surface area contributed by atoms with Gasteiger partial charge in [0.2, 0.25) is 5.91 Å². The quantitative estimate of drug-likeness (QED) is 0.806. The lowest BCUT2D eigenvalue weighted by molar-refractivity contribution is -0.132. The lowest BCUT2D eigenvalue weighted by atomic mass is 10.1. The molecule has 7 heteroatoms. The van der Waals surface area contributed by atoms with Gasteiger partial charge >= 0.3 is 0 Å². The highest BCUT2D eigenvalue weighted by Gasteiger charge is 2.22. The normalized spacial score (nSPS) is 14.7. The fraction of sp³-hybridized carbons (Fsp3) is 0.333. The highest BCUT2D eigenvalue weighted by atomic mass is 35.5. The van der Waals surface area contributed by atoms with Crippen LogP contribution in [0.1, 0.15) is 22.3 Å². The molecule has 0 aliphatic carbocycles. The molecular formula is C21H23ClFN3O2. The molecule has 2 aromatic carbocycles. The third-order valence-corrected chi connectivity index (χ3v) is 5.18. The van der Waals surface area contributed by atoms with E-state index >= 15 is 0 Å². The Bertz CT molecular complexity index is 803. The summed E-state index contributed by atoms with van der Waals surface area (Å²) in [7, 11) is 0. The van der Waals surface area contributed by atoms with Crippen molar-refractivity contribution in [1.82, 2.24) is 15.1 Å². The predicted molar refractivity (Wildman–Crippen MR) is 107 cm³/mol. The number of nitrogens with zero attached hydrogens (tertiary/aromatic N) is 2. The number of hydrogen-bond donors (Lipinski definition) is 1. The molecule has 0 unspecified atom stereocenters. The summed E-state index contributed by atoms with van der Waals surface area (Å²) in [6.07, 6.45) is 0.262. The molecule has 148 valence electrons. The van der Waals surface area contributed by atoms with Crippen molar-refractivity contribution >= 4 is 23.4 Å². The molecule has 1 fully saturated rings. The Morgan fingerprint density at radius 3 is 2.39 bits per heavy atom. The Hall–Kier alpha value is -2.44. The number of piperazine rings is 1. The average Bonchev–Trinajstić information content (AvgIpc) is 2.72. The SMILES string of the molecule is O=C(NCCC(=O)N1CCN(Cc2c(F)cccc2Cl)CC1)c1ccccc1. The van der Waals surface area contributed by atoms with Gasteiger partial charge in [0.05, 0.1) is 0 Å². The molecule has 0 spiro atoms. The van der Waals surface area contributed by atoms with Crippen LogP contribution in [0.2, 0.25) is 5.02 Å². The van der Waals surface area contributed by atoms with E-state index in [2.05, 4.69) is 10.2 Å². The molecule has 0 bridgehead atoms. The van der Waals surface area contributed by atoms with Gasteiger partial charge in [-0.3, -0.25) is 14.5 Å². The minimum absolute atomic E-state index is 0.0111. The van der Waals surface area contributed by atoms with Crippen molar-refractivity contribution in [3.05, 3.63) is 70.5 Å². The third kappa shape index (κ3) is 5.30. The van der Waals surface area contributed by atoms with Crippen LogP contribution in [0, 0.1) is 5.82 Å². The summed E-state index contributed by atoms with van der Waals surface area (Å²) in [4.78, 5) is 28.2. The zero-order valence-electron chi connectivity index (χ0n) is 15.5. The fourth-order valence-corrected chi connectivity index (χ4v) is 3.42. The summed E-state index contributed by atoms with van der Waals surface area (Å²) < 4.78 is 13.9. The van der Waals surface area contributed by atoms with Gasteiger partial charge in [-0.05, 0) is 24.3 Å². The number of amides is 2. The Balaban J connectivity index is 1.41. The van der Waals surface area contributed by atoms with E-state index in [1.807, 2.05) is 6.07 Å².